The summed E-state index contributed by atoms with van der Waals surface area (Å²) in [4.78, 5) is 60.0. The summed E-state index contributed by atoms with van der Waals surface area (Å²) in [5.74, 6) is -3.50. The minimum Gasteiger partial charge on any atom is -0.455 e. The maximum Gasteiger partial charge on any atom is 0.313 e. The Labute approximate surface area is 310 Å². The minimum absolute atomic E-state index is 0.0609. The number of fused-ring (bicyclic) bond motifs is 1. The molecule has 2 N–H and O–H groups in total. The molecule has 2 bridgehead atoms. The van der Waals surface area contributed by atoms with Gasteiger partial charge in [-0.05, 0) is 49.8 Å². The van der Waals surface area contributed by atoms with Gasteiger partial charge >= 0.3 is 5.97 Å². The van der Waals surface area contributed by atoms with Crippen molar-refractivity contribution in [2.75, 3.05) is 38.3 Å². The van der Waals surface area contributed by atoms with E-state index in [2.05, 4.69) is 18.5 Å². The number of hydrogen-bond acceptors (Lipinski definition) is 8. The number of carbonyl (C=O) groups excluding carboxylic acids is 4. The highest BCUT2D eigenvalue weighted by atomic mass is 35.5. The van der Waals surface area contributed by atoms with E-state index in [1.54, 1.807) is 41.3 Å². The molecule has 3 amide bonds. The van der Waals surface area contributed by atoms with Gasteiger partial charge in [-0.2, -0.15) is 0 Å². The third-order valence-corrected chi connectivity index (χ3v) is 10.7. The summed E-state index contributed by atoms with van der Waals surface area (Å²) in [7, 11) is 1.51. The number of carbonyl (C=O) groups is 4. The molecule has 3 fully saturated rings. The van der Waals surface area contributed by atoms with Gasteiger partial charge in [0.15, 0.2) is 0 Å². The fraction of sp³-hybridized carbons (Fsp3) is 0.500. The number of rotatable bonds is 20. The largest absolute Gasteiger partial charge is 0.455 e. The molecule has 3 aliphatic heterocycles. The van der Waals surface area contributed by atoms with E-state index in [0.717, 1.165) is 12.8 Å². The summed E-state index contributed by atoms with van der Waals surface area (Å²) < 4.78 is 18.5. The average Bonchev–Trinajstić information content (AvgIpc) is 3.79. The zero-order valence-electron chi connectivity index (χ0n) is 29.8. The van der Waals surface area contributed by atoms with E-state index >= 15 is 0 Å². The minimum atomic E-state index is -1.26. The van der Waals surface area contributed by atoms with E-state index in [4.69, 9.17) is 25.8 Å². The Hall–Kier alpha value is -4.03. The van der Waals surface area contributed by atoms with Gasteiger partial charge in [0.25, 0.3) is 5.91 Å². The Morgan fingerprint density at radius 2 is 1.83 bits per heavy atom. The van der Waals surface area contributed by atoms with Crippen LogP contribution in [0.4, 0.5) is 5.69 Å². The second-order valence-corrected chi connectivity index (χ2v) is 14.0. The first kappa shape index (κ1) is 39.2. The second kappa shape index (κ2) is 18.1. The number of likely N-dealkylation sites (tertiary alicyclic amines) is 1. The van der Waals surface area contributed by atoms with E-state index in [-0.39, 0.29) is 50.4 Å². The molecule has 0 aromatic heterocycles. The van der Waals surface area contributed by atoms with Crippen LogP contribution in [0.2, 0.25) is 5.02 Å². The maximum absolute atomic E-state index is 14.8. The molecular formula is C40H50ClN3O8. The maximum atomic E-state index is 14.8. The highest BCUT2D eigenvalue weighted by Gasteiger charge is 2.75. The topological polar surface area (TPSA) is 135 Å². The lowest BCUT2D eigenvalue weighted by atomic mass is 9.70. The predicted molar refractivity (Wildman–Crippen MR) is 197 cm³/mol. The summed E-state index contributed by atoms with van der Waals surface area (Å²) in [6.45, 7) is 8.12. The van der Waals surface area contributed by atoms with Gasteiger partial charge in [-0.1, -0.05) is 79.1 Å². The van der Waals surface area contributed by atoms with Crippen molar-refractivity contribution in [1.82, 2.24) is 10.2 Å². The number of benzene rings is 2. The summed E-state index contributed by atoms with van der Waals surface area (Å²) in [6.07, 6.45) is 6.01. The molecule has 0 aliphatic carbocycles. The quantitative estimate of drug-likeness (QED) is 0.108. The fourth-order valence-corrected chi connectivity index (χ4v) is 8.31. The lowest BCUT2D eigenvalue weighted by Gasteiger charge is -2.37. The molecule has 280 valence electrons. The molecule has 5 rings (SSSR count). The predicted octanol–water partition coefficient (Wildman–Crippen LogP) is 5.17. The molecule has 3 aliphatic rings. The zero-order valence-corrected chi connectivity index (χ0v) is 30.5. The first-order chi connectivity index (χ1) is 25.2. The molecule has 3 heterocycles. The van der Waals surface area contributed by atoms with Crippen LogP contribution in [-0.2, 0) is 33.4 Å². The molecule has 0 unspecified atom stereocenters. The molecule has 3 saturated heterocycles. The van der Waals surface area contributed by atoms with Gasteiger partial charge in [0.1, 0.15) is 17.7 Å². The zero-order chi connectivity index (χ0) is 37.3. The van der Waals surface area contributed by atoms with Crippen molar-refractivity contribution in [2.24, 2.45) is 11.8 Å². The lowest BCUT2D eigenvalue weighted by molar-refractivity contribution is -0.163. The van der Waals surface area contributed by atoms with Crippen molar-refractivity contribution in [2.45, 2.75) is 81.3 Å². The molecule has 11 nitrogen and oxygen atoms in total. The second-order valence-electron chi connectivity index (χ2n) is 13.6. The number of amides is 3. The Morgan fingerprint density at radius 3 is 2.52 bits per heavy atom. The van der Waals surface area contributed by atoms with Crippen molar-refractivity contribution in [3.05, 3.63) is 90.5 Å². The van der Waals surface area contributed by atoms with Crippen molar-refractivity contribution in [3.8, 4) is 0 Å². The van der Waals surface area contributed by atoms with Gasteiger partial charge in [-0.25, -0.2) is 0 Å². The first-order valence-corrected chi connectivity index (χ1v) is 18.5. The van der Waals surface area contributed by atoms with Gasteiger partial charge in [-0.3, -0.25) is 19.2 Å². The smallest absolute Gasteiger partial charge is 0.313 e. The van der Waals surface area contributed by atoms with E-state index < -0.39 is 47.7 Å². The number of ether oxygens (including phenoxy) is 3. The highest BCUT2D eigenvalue weighted by molar-refractivity contribution is 6.34. The normalized spacial score (nSPS) is 24.2. The van der Waals surface area contributed by atoms with Crippen LogP contribution in [0.5, 0.6) is 0 Å². The van der Waals surface area contributed by atoms with Crippen LogP contribution in [0, 0.1) is 11.8 Å². The van der Waals surface area contributed by atoms with E-state index in [1.807, 2.05) is 30.3 Å². The van der Waals surface area contributed by atoms with E-state index in [1.165, 1.54) is 12.0 Å². The van der Waals surface area contributed by atoms with Gasteiger partial charge < -0.3 is 34.4 Å². The van der Waals surface area contributed by atoms with Crippen LogP contribution in [0.25, 0.3) is 0 Å². The standard InChI is InChI=1S/C40H50ClN3O8/c1-4-6-20-32(46)42-29(26-50-3)35(27-16-10-9-11-17-27)51-39(49)33-31-21-22-40(52-31)34(33)37(47)44(24-14-7-8-15-25-45)36(40)38(48)43(23-5-2)30-19-13-12-18-28(30)41/h4-5,9-13,16-19,29,31,33-36,45H,1-2,6-8,14-15,20-26H2,3H3,(H,42,46)/t29-,31+,33-,34-,35-,36+,40-/m1/s1. The van der Waals surface area contributed by atoms with Crippen molar-refractivity contribution < 1.29 is 38.5 Å². The van der Waals surface area contributed by atoms with E-state index in [9.17, 15) is 24.3 Å². The number of allylic oxidation sites excluding steroid dienone is 1. The average molecular weight is 736 g/mol. The van der Waals surface area contributed by atoms with Crippen molar-refractivity contribution in [1.29, 1.82) is 0 Å². The molecule has 52 heavy (non-hydrogen) atoms. The van der Waals surface area contributed by atoms with Crippen LogP contribution < -0.4 is 10.2 Å². The SMILES string of the molecule is C=CCCC(=O)N[C@H](COC)[C@H](OC(=O)[C@@H]1[C@@H]2CC[C@]3(O2)[C@H](C(=O)N(CC=C)c2ccccc2Cl)N(CCCCCCO)C(=O)[C@@H]13)c1ccccc1. The molecular weight excluding hydrogens is 686 g/mol. The first-order valence-electron chi connectivity index (χ1n) is 18.1. The number of hydrogen-bond donors (Lipinski definition) is 2. The van der Waals surface area contributed by atoms with Crippen molar-refractivity contribution in [3.63, 3.8) is 0 Å². The number of methoxy groups -OCH3 is 1. The molecule has 2 aromatic carbocycles. The van der Waals surface area contributed by atoms with Gasteiger partial charge in [0.2, 0.25) is 11.8 Å². The Balaban J connectivity index is 1.49. The molecule has 1 spiro atoms. The van der Waals surface area contributed by atoms with Crippen molar-refractivity contribution >= 4 is 41.0 Å². The number of nitrogens with one attached hydrogen (secondary N) is 1. The number of unbranched alkanes of at least 4 members (excludes halogenated alkanes) is 3. The number of aliphatic hydroxyl groups excluding tert-OH is 1. The number of nitrogens with zero attached hydrogens (tertiary/aromatic N) is 2. The van der Waals surface area contributed by atoms with Crippen LogP contribution >= 0.6 is 11.6 Å². The Kier molecular flexibility index (Phi) is 13.7. The van der Waals surface area contributed by atoms with E-state index in [0.29, 0.717) is 48.4 Å². The number of halogens is 1. The molecule has 12 heteroatoms. The van der Waals surface area contributed by atoms with Crippen LogP contribution in [0.3, 0.4) is 0 Å². The Bertz CT molecular complexity index is 1590. The number of aliphatic hydroxyl groups is 1. The molecule has 0 saturated carbocycles. The van der Waals surface area contributed by atoms with Crippen LogP contribution in [0.1, 0.15) is 63.0 Å². The van der Waals surface area contributed by atoms with Gasteiger partial charge in [0.05, 0.1) is 41.3 Å². The third-order valence-electron chi connectivity index (χ3n) is 10.3. The Morgan fingerprint density at radius 1 is 1.10 bits per heavy atom. The molecule has 2 aromatic rings. The van der Waals surface area contributed by atoms with Gasteiger partial charge in [-0.15, -0.1) is 13.2 Å². The summed E-state index contributed by atoms with van der Waals surface area (Å²) in [5, 5.41) is 12.6. The lowest BCUT2D eigenvalue weighted by Crippen LogP contribution is -2.56. The fourth-order valence-electron chi connectivity index (χ4n) is 8.07. The summed E-state index contributed by atoms with van der Waals surface area (Å²) in [5.41, 5.74) is -0.130. The third kappa shape index (κ3) is 8.12. The van der Waals surface area contributed by atoms with Gasteiger partial charge in [0, 0.05) is 33.2 Å². The summed E-state index contributed by atoms with van der Waals surface area (Å²) >= 11 is 6.60. The monoisotopic (exact) mass is 735 g/mol. The number of esters is 1. The number of para-hydroxylation sites is 1. The number of anilines is 1. The molecule has 7 atom stereocenters. The summed E-state index contributed by atoms with van der Waals surface area (Å²) in [6, 6.07) is 14.4. The molecule has 0 radical (unpaired) electrons. The van der Waals surface area contributed by atoms with Crippen LogP contribution in [0.15, 0.2) is 79.9 Å². The van der Waals surface area contributed by atoms with Crippen LogP contribution in [-0.4, -0.2) is 90.9 Å². The highest BCUT2D eigenvalue weighted by Crippen LogP contribution is 2.59.